The lowest BCUT2D eigenvalue weighted by atomic mass is 10.3. The second-order valence-electron chi connectivity index (χ2n) is 4.92. The maximum Gasteiger partial charge on any atom is 0.219 e. The summed E-state index contributed by atoms with van der Waals surface area (Å²) in [4.78, 5) is 17.9. The summed E-state index contributed by atoms with van der Waals surface area (Å²) < 4.78 is 0. The van der Waals surface area contributed by atoms with Gasteiger partial charge in [0.25, 0.3) is 0 Å². The third-order valence-corrected chi connectivity index (χ3v) is 3.47. The van der Waals surface area contributed by atoms with Gasteiger partial charge in [0.2, 0.25) is 5.91 Å². The quantitative estimate of drug-likeness (QED) is 0.699. The fourth-order valence-electron chi connectivity index (χ4n) is 1.84. The van der Waals surface area contributed by atoms with Crippen LogP contribution in [0, 0.1) is 0 Å². The molecule has 0 aromatic rings. The molecule has 0 spiro atoms. The molecule has 1 aliphatic rings. The maximum atomic E-state index is 11.2. The van der Waals surface area contributed by atoms with Crippen molar-refractivity contribution >= 4 is 5.91 Å². The monoisotopic (exact) mass is 227 g/mol. The lowest BCUT2D eigenvalue weighted by Gasteiger charge is -2.35. The van der Waals surface area contributed by atoms with Gasteiger partial charge in [0.15, 0.2) is 0 Å². The van der Waals surface area contributed by atoms with Crippen molar-refractivity contribution in [3.8, 4) is 0 Å². The molecule has 0 saturated carbocycles. The molecule has 0 N–H and O–H groups in total. The minimum Gasteiger partial charge on any atom is -0.340 e. The topological polar surface area (TPSA) is 26.8 Å². The number of hydrogen-bond acceptors (Lipinski definition) is 3. The van der Waals surface area contributed by atoms with Crippen LogP contribution in [0.2, 0.25) is 0 Å². The van der Waals surface area contributed by atoms with Gasteiger partial charge in [-0.1, -0.05) is 0 Å². The van der Waals surface area contributed by atoms with E-state index < -0.39 is 0 Å². The van der Waals surface area contributed by atoms with Crippen molar-refractivity contribution in [2.45, 2.75) is 26.8 Å². The smallest absolute Gasteiger partial charge is 0.219 e. The van der Waals surface area contributed by atoms with Crippen LogP contribution in [0.3, 0.4) is 0 Å². The third-order valence-electron chi connectivity index (χ3n) is 3.47. The molecular weight excluding hydrogens is 202 g/mol. The van der Waals surface area contributed by atoms with Crippen molar-refractivity contribution in [3.05, 3.63) is 0 Å². The van der Waals surface area contributed by atoms with E-state index in [1.165, 1.54) is 0 Å². The van der Waals surface area contributed by atoms with Crippen molar-refractivity contribution in [1.82, 2.24) is 14.7 Å². The SMILES string of the molecule is CC(=O)N1CCN(CCN(C)C(C)C)CC1. The van der Waals surface area contributed by atoms with Gasteiger partial charge in [-0.05, 0) is 20.9 Å². The number of carbonyl (C=O) groups is 1. The highest BCUT2D eigenvalue weighted by Crippen LogP contribution is 2.02. The van der Waals surface area contributed by atoms with Crippen molar-refractivity contribution < 1.29 is 4.79 Å². The fourth-order valence-corrected chi connectivity index (χ4v) is 1.84. The van der Waals surface area contributed by atoms with E-state index in [0.717, 1.165) is 39.3 Å². The molecule has 0 aromatic heterocycles. The van der Waals surface area contributed by atoms with E-state index in [0.29, 0.717) is 6.04 Å². The van der Waals surface area contributed by atoms with E-state index >= 15 is 0 Å². The Kier molecular flexibility index (Phi) is 5.22. The Labute approximate surface area is 99.2 Å². The molecule has 0 aliphatic carbocycles. The highest BCUT2D eigenvalue weighted by Gasteiger charge is 2.18. The van der Waals surface area contributed by atoms with E-state index in [9.17, 15) is 4.79 Å². The number of hydrogen-bond donors (Lipinski definition) is 0. The number of likely N-dealkylation sites (N-methyl/N-ethyl adjacent to an activating group) is 1. The highest BCUT2D eigenvalue weighted by atomic mass is 16.2. The first-order valence-corrected chi connectivity index (χ1v) is 6.19. The Hall–Kier alpha value is -0.610. The molecule has 1 heterocycles. The molecule has 1 amide bonds. The summed E-state index contributed by atoms with van der Waals surface area (Å²) in [5.41, 5.74) is 0. The van der Waals surface area contributed by atoms with Crippen LogP contribution >= 0.6 is 0 Å². The average Bonchev–Trinajstić information content (AvgIpc) is 2.26. The molecule has 1 saturated heterocycles. The number of piperazine rings is 1. The molecule has 4 nitrogen and oxygen atoms in total. The predicted molar refractivity (Wildman–Crippen MR) is 66.5 cm³/mol. The summed E-state index contributed by atoms with van der Waals surface area (Å²) in [5, 5.41) is 0. The first kappa shape index (κ1) is 13.5. The Morgan fingerprint density at radius 3 is 2.25 bits per heavy atom. The second kappa shape index (κ2) is 6.21. The number of carbonyl (C=O) groups excluding carboxylic acids is 1. The molecule has 0 radical (unpaired) electrons. The van der Waals surface area contributed by atoms with Crippen molar-refractivity contribution in [2.75, 3.05) is 46.3 Å². The molecule has 0 bridgehead atoms. The van der Waals surface area contributed by atoms with Crippen molar-refractivity contribution in [2.24, 2.45) is 0 Å². The van der Waals surface area contributed by atoms with Crippen LogP contribution in [0.15, 0.2) is 0 Å². The second-order valence-corrected chi connectivity index (χ2v) is 4.92. The largest absolute Gasteiger partial charge is 0.340 e. The fraction of sp³-hybridized carbons (Fsp3) is 0.917. The van der Waals surface area contributed by atoms with Gasteiger partial charge in [-0.15, -0.1) is 0 Å². The third kappa shape index (κ3) is 4.10. The molecular formula is C12H25N3O. The van der Waals surface area contributed by atoms with Crippen LogP contribution in [-0.4, -0.2) is 73.0 Å². The molecule has 16 heavy (non-hydrogen) atoms. The average molecular weight is 227 g/mol. The Bertz CT molecular complexity index is 222. The van der Waals surface area contributed by atoms with Gasteiger partial charge >= 0.3 is 0 Å². The van der Waals surface area contributed by atoms with Crippen molar-refractivity contribution in [3.63, 3.8) is 0 Å². The molecule has 1 aliphatic heterocycles. The van der Waals surface area contributed by atoms with Gasteiger partial charge in [0.1, 0.15) is 0 Å². The minimum absolute atomic E-state index is 0.207. The van der Waals surface area contributed by atoms with Gasteiger partial charge in [0, 0.05) is 52.2 Å². The van der Waals surface area contributed by atoms with Gasteiger partial charge in [0.05, 0.1) is 0 Å². The van der Waals surface area contributed by atoms with Gasteiger partial charge in [-0.3, -0.25) is 9.69 Å². The predicted octanol–water partition coefficient (Wildman–Crippen LogP) is 0.491. The Morgan fingerprint density at radius 1 is 1.25 bits per heavy atom. The van der Waals surface area contributed by atoms with Gasteiger partial charge in [-0.2, -0.15) is 0 Å². The molecule has 1 rings (SSSR count). The van der Waals surface area contributed by atoms with Crippen LogP contribution < -0.4 is 0 Å². The number of amides is 1. The van der Waals surface area contributed by atoms with Crippen LogP contribution in [-0.2, 0) is 4.79 Å². The molecule has 1 fully saturated rings. The van der Waals surface area contributed by atoms with Crippen LogP contribution in [0.4, 0.5) is 0 Å². The lowest BCUT2D eigenvalue weighted by molar-refractivity contribution is -0.130. The molecule has 0 unspecified atom stereocenters. The van der Waals surface area contributed by atoms with Crippen LogP contribution in [0.1, 0.15) is 20.8 Å². The highest BCUT2D eigenvalue weighted by molar-refractivity contribution is 5.73. The van der Waals surface area contributed by atoms with Gasteiger partial charge in [-0.25, -0.2) is 0 Å². The molecule has 4 heteroatoms. The van der Waals surface area contributed by atoms with Gasteiger partial charge < -0.3 is 9.80 Å². The summed E-state index contributed by atoms with van der Waals surface area (Å²) in [5.74, 6) is 0.207. The zero-order valence-electron chi connectivity index (χ0n) is 11.1. The van der Waals surface area contributed by atoms with E-state index in [1.807, 2.05) is 4.90 Å². The standard InChI is InChI=1S/C12H25N3O/c1-11(2)13(4)5-6-14-7-9-15(10-8-14)12(3)16/h11H,5-10H2,1-4H3. The first-order chi connectivity index (χ1) is 7.50. The van der Waals surface area contributed by atoms with Crippen LogP contribution in [0.25, 0.3) is 0 Å². The summed E-state index contributed by atoms with van der Waals surface area (Å²) >= 11 is 0. The maximum absolute atomic E-state index is 11.2. The van der Waals surface area contributed by atoms with E-state index in [2.05, 4.69) is 30.7 Å². The molecule has 0 atom stereocenters. The summed E-state index contributed by atoms with van der Waals surface area (Å²) in [6, 6.07) is 0.610. The summed E-state index contributed by atoms with van der Waals surface area (Å²) in [6.45, 7) is 12.1. The molecule has 0 aromatic carbocycles. The summed E-state index contributed by atoms with van der Waals surface area (Å²) in [7, 11) is 2.16. The summed E-state index contributed by atoms with van der Waals surface area (Å²) in [6.07, 6.45) is 0. The number of nitrogens with zero attached hydrogens (tertiary/aromatic N) is 3. The normalized spacial score (nSPS) is 18.5. The van der Waals surface area contributed by atoms with E-state index in [1.54, 1.807) is 6.92 Å². The van der Waals surface area contributed by atoms with E-state index in [-0.39, 0.29) is 5.91 Å². The first-order valence-electron chi connectivity index (χ1n) is 6.19. The molecule has 94 valence electrons. The lowest BCUT2D eigenvalue weighted by Crippen LogP contribution is -2.49. The van der Waals surface area contributed by atoms with Crippen molar-refractivity contribution in [1.29, 1.82) is 0 Å². The Morgan fingerprint density at radius 2 is 1.81 bits per heavy atom. The zero-order valence-corrected chi connectivity index (χ0v) is 11.1. The Balaban J connectivity index is 2.20. The number of rotatable bonds is 4. The van der Waals surface area contributed by atoms with Crippen LogP contribution in [0.5, 0.6) is 0 Å². The minimum atomic E-state index is 0.207. The zero-order chi connectivity index (χ0) is 12.1. The van der Waals surface area contributed by atoms with E-state index in [4.69, 9.17) is 0 Å².